The summed E-state index contributed by atoms with van der Waals surface area (Å²) < 4.78 is 1.76. The molecule has 3 aromatic rings. The molecule has 2 aromatic heterocycles. The normalized spacial score (nSPS) is 11.8. The zero-order valence-electron chi connectivity index (χ0n) is 15.0. The molecule has 2 heterocycles. The minimum Gasteiger partial charge on any atom is -0.331 e. The fourth-order valence-corrected chi connectivity index (χ4v) is 2.68. The van der Waals surface area contributed by atoms with E-state index < -0.39 is 0 Å². The summed E-state index contributed by atoms with van der Waals surface area (Å²) in [5, 5.41) is 10.0. The Balaban J connectivity index is 1.54. The average Bonchev–Trinajstić information content (AvgIpc) is 3.09. The Hall–Kier alpha value is -3.15. The number of aryl methyl sites for hydroxylation is 1. The molecule has 6 heteroatoms. The maximum atomic E-state index is 12.2. The molecule has 0 radical (unpaired) electrons. The largest absolute Gasteiger partial charge is 0.331 e. The maximum absolute atomic E-state index is 12.2. The van der Waals surface area contributed by atoms with Gasteiger partial charge in [0.05, 0.1) is 24.5 Å². The second kappa shape index (κ2) is 8.29. The molecule has 1 aromatic carbocycles. The van der Waals surface area contributed by atoms with Crippen LogP contribution in [0.4, 0.5) is 10.5 Å². The van der Waals surface area contributed by atoms with Crippen LogP contribution < -0.4 is 10.6 Å². The summed E-state index contributed by atoms with van der Waals surface area (Å²) in [7, 11) is 0. The first-order valence-electron chi connectivity index (χ1n) is 8.71. The molecule has 0 unspecified atom stereocenters. The number of nitrogens with one attached hydrogen (secondary N) is 2. The van der Waals surface area contributed by atoms with E-state index in [1.807, 2.05) is 19.1 Å². The van der Waals surface area contributed by atoms with E-state index in [4.69, 9.17) is 0 Å². The van der Waals surface area contributed by atoms with Crippen LogP contribution in [-0.2, 0) is 13.0 Å². The van der Waals surface area contributed by atoms with Crippen molar-refractivity contribution in [2.24, 2.45) is 0 Å². The maximum Gasteiger partial charge on any atom is 0.319 e. The van der Waals surface area contributed by atoms with Crippen molar-refractivity contribution in [3.8, 4) is 0 Å². The van der Waals surface area contributed by atoms with Gasteiger partial charge in [0.25, 0.3) is 0 Å². The standard InChI is InChI=1S/C20H23N5O/c1-3-16-6-8-18(9-7-16)15(2)23-20(26)24-19-12-22-25(14-19)13-17-5-4-10-21-11-17/h4-12,14-15H,3,13H2,1-2H3,(H2,23,24,26)/t15-/m0/s1. The molecule has 0 bridgehead atoms. The number of amides is 2. The van der Waals surface area contributed by atoms with Gasteiger partial charge in [0, 0.05) is 18.6 Å². The van der Waals surface area contributed by atoms with Crippen molar-refractivity contribution in [3.63, 3.8) is 0 Å². The van der Waals surface area contributed by atoms with Crippen molar-refractivity contribution in [1.29, 1.82) is 0 Å². The summed E-state index contributed by atoms with van der Waals surface area (Å²) in [6, 6.07) is 11.8. The van der Waals surface area contributed by atoms with Gasteiger partial charge >= 0.3 is 6.03 Å². The van der Waals surface area contributed by atoms with Gasteiger partial charge in [-0.3, -0.25) is 9.67 Å². The van der Waals surface area contributed by atoms with Gasteiger partial charge in [-0.15, -0.1) is 0 Å². The minimum atomic E-state index is -0.252. The average molecular weight is 349 g/mol. The zero-order valence-corrected chi connectivity index (χ0v) is 15.0. The second-order valence-corrected chi connectivity index (χ2v) is 6.20. The van der Waals surface area contributed by atoms with Crippen LogP contribution in [0, 0.1) is 0 Å². The van der Waals surface area contributed by atoms with Crippen LogP contribution in [0.2, 0.25) is 0 Å². The van der Waals surface area contributed by atoms with Crippen molar-refractivity contribution in [3.05, 3.63) is 77.9 Å². The van der Waals surface area contributed by atoms with Gasteiger partial charge in [0.15, 0.2) is 0 Å². The molecule has 0 aliphatic heterocycles. The minimum absolute atomic E-state index is 0.0775. The Morgan fingerprint density at radius 2 is 1.96 bits per heavy atom. The molecule has 2 N–H and O–H groups in total. The van der Waals surface area contributed by atoms with Gasteiger partial charge in [-0.25, -0.2) is 4.79 Å². The lowest BCUT2D eigenvalue weighted by Crippen LogP contribution is -2.31. The summed E-state index contributed by atoms with van der Waals surface area (Å²) in [5.41, 5.74) is 4.06. The van der Waals surface area contributed by atoms with Gasteiger partial charge in [-0.2, -0.15) is 5.10 Å². The number of anilines is 1. The molecule has 1 atom stereocenters. The molecular weight excluding hydrogens is 326 g/mol. The lowest BCUT2D eigenvalue weighted by atomic mass is 10.1. The third-order valence-electron chi connectivity index (χ3n) is 4.19. The first-order valence-corrected chi connectivity index (χ1v) is 8.71. The van der Waals surface area contributed by atoms with Crippen molar-refractivity contribution >= 4 is 11.7 Å². The fourth-order valence-electron chi connectivity index (χ4n) is 2.68. The van der Waals surface area contributed by atoms with E-state index in [2.05, 4.69) is 51.9 Å². The highest BCUT2D eigenvalue weighted by Gasteiger charge is 2.10. The summed E-state index contributed by atoms with van der Waals surface area (Å²) in [4.78, 5) is 16.3. The monoisotopic (exact) mass is 349 g/mol. The lowest BCUT2D eigenvalue weighted by Gasteiger charge is -2.15. The highest BCUT2D eigenvalue weighted by Crippen LogP contribution is 2.14. The van der Waals surface area contributed by atoms with Gasteiger partial charge < -0.3 is 10.6 Å². The number of rotatable bonds is 6. The van der Waals surface area contributed by atoms with E-state index in [0.29, 0.717) is 12.2 Å². The van der Waals surface area contributed by atoms with Crippen LogP contribution in [0.3, 0.4) is 0 Å². The number of pyridine rings is 1. The van der Waals surface area contributed by atoms with E-state index in [1.165, 1.54) is 5.56 Å². The summed E-state index contributed by atoms with van der Waals surface area (Å²) in [5.74, 6) is 0. The highest BCUT2D eigenvalue weighted by atomic mass is 16.2. The molecule has 0 saturated heterocycles. The van der Waals surface area contributed by atoms with Crippen molar-refractivity contribution < 1.29 is 4.79 Å². The van der Waals surface area contributed by atoms with Crippen LogP contribution in [0.25, 0.3) is 0 Å². The summed E-state index contributed by atoms with van der Waals surface area (Å²) in [6.45, 7) is 4.70. The molecule has 3 rings (SSSR count). The van der Waals surface area contributed by atoms with E-state index in [-0.39, 0.29) is 12.1 Å². The van der Waals surface area contributed by atoms with Crippen LogP contribution in [-0.4, -0.2) is 20.8 Å². The number of hydrogen-bond acceptors (Lipinski definition) is 3. The van der Waals surface area contributed by atoms with Crippen LogP contribution >= 0.6 is 0 Å². The Labute approximate surface area is 153 Å². The fraction of sp³-hybridized carbons (Fsp3) is 0.250. The number of nitrogens with zero attached hydrogens (tertiary/aromatic N) is 3. The molecule has 0 aliphatic carbocycles. The topological polar surface area (TPSA) is 71.8 Å². The number of carbonyl (C=O) groups excluding carboxylic acids is 1. The Bertz CT molecular complexity index is 842. The summed E-state index contributed by atoms with van der Waals surface area (Å²) in [6.07, 6.45) is 7.98. The van der Waals surface area contributed by atoms with Crippen molar-refractivity contribution in [1.82, 2.24) is 20.1 Å². The number of carbonyl (C=O) groups is 1. The number of benzene rings is 1. The lowest BCUT2D eigenvalue weighted by molar-refractivity contribution is 0.249. The Morgan fingerprint density at radius 3 is 2.65 bits per heavy atom. The zero-order chi connectivity index (χ0) is 18.4. The third-order valence-corrected chi connectivity index (χ3v) is 4.19. The molecule has 6 nitrogen and oxygen atoms in total. The number of urea groups is 1. The molecule has 26 heavy (non-hydrogen) atoms. The van der Waals surface area contributed by atoms with Gasteiger partial charge in [0.1, 0.15) is 0 Å². The molecule has 0 aliphatic rings. The van der Waals surface area contributed by atoms with E-state index >= 15 is 0 Å². The number of hydrogen-bond donors (Lipinski definition) is 2. The smallest absolute Gasteiger partial charge is 0.319 e. The molecule has 0 fully saturated rings. The quantitative estimate of drug-likeness (QED) is 0.711. The van der Waals surface area contributed by atoms with Crippen LogP contribution in [0.1, 0.15) is 36.6 Å². The predicted octanol–water partition coefficient (Wildman–Crippen LogP) is 3.77. The third kappa shape index (κ3) is 4.69. The van der Waals surface area contributed by atoms with Gasteiger partial charge in [0.2, 0.25) is 0 Å². The van der Waals surface area contributed by atoms with E-state index in [9.17, 15) is 4.79 Å². The van der Waals surface area contributed by atoms with Gasteiger partial charge in [-0.05, 0) is 36.1 Å². The molecule has 2 amide bonds. The predicted molar refractivity (Wildman–Crippen MR) is 102 cm³/mol. The first-order chi connectivity index (χ1) is 12.6. The summed E-state index contributed by atoms with van der Waals surface area (Å²) >= 11 is 0. The number of aromatic nitrogens is 3. The van der Waals surface area contributed by atoms with Gasteiger partial charge in [-0.1, -0.05) is 37.3 Å². The first kappa shape index (κ1) is 17.7. The highest BCUT2D eigenvalue weighted by molar-refractivity contribution is 5.89. The second-order valence-electron chi connectivity index (χ2n) is 6.20. The molecule has 0 spiro atoms. The van der Waals surface area contributed by atoms with E-state index in [1.54, 1.807) is 29.5 Å². The van der Waals surface area contributed by atoms with E-state index in [0.717, 1.165) is 17.5 Å². The van der Waals surface area contributed by atoms with Crippen LogP contribution in [0.15, 0.2) is 61.2 Å². The Kier molecular flexibility index (Phi) is 5.63. The van der Waals surface area contributed by atoms with Crippen molar-refractivity contribution in [2.45, 2.75) is 32.9 Å². The molecule has 0 saturated carbocycles. The van der Waals surface area contributed by atoms with Crippen molar-refractivity contribution in [2.75, 3.05) is 5.32 Å². The molecular formula is C20H23N5O. The Morgan fingerprint density at radius 1 is 1.15 bits per heavy atom. The van der Waals surface area contributed by atoms with Crippen LogP contribution in [0.5, 0.6) is 0 Å². The molecule has 134 valence electrons. The SMILES string of the molecule is CCc1ccc([C@H](C)NC(=O)Nc2cnn(Cc3cccnc3)c2)cc1.